The van der Waals surface area contributed by atoms with Crippen LogP contribution in [0.15, 0.2) is 95.5 Å². The van der Waals surface area contributed by atoms with Gasteiger partial charge in [-0.2, -0.15) is 4.98 Å². The van der Waals surface area contributed by atoms with Crippen LogP contribution in [0.4, 0.5) is 14.9 Å². The van der Waals surface area contributed by atoms with E-state index in [1.54, 1.807) is 75.4 Å². The Kier molecular flexibility index (Phi) is 9.67. The van der Waals surface area contributed by atoms with Crippen molar-refractivity contribution in [3.8, 4) is 34.0 Å². The first-order valence-corrected chi connectivity index (χ1v) is 14.8. The molecule has 1 aromatic heterocycles. The Bertz CT molecular complexity index is 1920. The Morgan fingerprint density at radius 2 is 1.64 bits per heavy atom. The number of nitrogens with one attached hydrogen (secondary N) is 2. The minimum atomic E-state index is -1.32. The van der Waals surface area contributed by atoms with E-state index in [0.29, 0.717) is 21.8 Å². The minimum Gasteiger partial charge on any atom is -0.480 e. The summed E-state index contributed by atoms with van der Waals surface area (Å²) in [7, 11) is 0. The minimum absolute atomic E-state index is 0.0105. The van der Waals surface area contributed by atoms with Crippen molar-refractivity contribution >= 4 is 35.3 Å². The second-order valence-corrected chi connectivity index (χ2v) is 12.0. The van der Waals surface area contributed by atoms with Crippen molar-refractivity contribution in [2.24, 2.45) is 0 Å². The smallest absolute Gasteiger partial charge is 0.412 e. The lowest BCUT2D eigenvalue weighted by molar-refractivity contribution is -0.139. The maximum absolute atomic E-state index is 15.2. The number of nitrogens with zero attached hydrogens (tertiary/aromatic N) is 2. The molecular formula is C35H30ClFN4O6. The number of carbonyl (C=O) groups excluding carboxylic acids is 2. The third-order valence-electron chi connectivity index (χ3n) is 6.82. The Balaban J connectivity index is 1.24. The number of carboxylic acid groups (broad SMARTS) is 1. The molecule has 0 radical (unpaired) electrons. The number of carboxylic acids is 1. The molecule has 4 aromatic carbocycles. The van der Waals surface area contributed by atoms with Crippen LogP contribution in [-0.4, -0.2) is 44.9 Å². The number of aromatic nitrogens is 2. The number of halogens is 2. The summed E-state index contributed by atoms with van der Waals surface area (Å²) in [4.78, 5) is 41.3. The van der Waals surface area contributed by atoms with Crippen LogP contribution in [0.1, 0.15) is 36.7 Å². The number of anilines is 1. The summed E-state index contributed by atoms with van der Waals surface area (Å²) >= 11 is 5.97. The van der Waals surface area contributed by atoms with Gasteiger partial charge < -0.3 is 19.7 Å². The zero-order valence-electron chi connectivity index (χ0n) is 25.6. The number of ether oxygens (including phenoxy) is 1. The fraction of sp³-hybridized carbons (Fsp3) is 0.171. The third-order valence-corrected chi connectivity index (χ3v) is 7.08. The van der Waals surface area contributed by atoms with Gasteiger partial charge in [0.2, 0.25) is 5.82 Å². The van der Waals surface area contributed by atoms with Crippen LogP contribution in [-0.2, 0) is 16.0 Å². The van der Waals surface area contributed by atoms with Crippen LogP contribution in [0.2, 0.25) is 5.02 Å². The summed E-state index contributed by atoms with van der Waals surface area (Å²) in [6.45, 7) is 5.28. The SMILES string of the molecule is CC(C)(C)OC(=O)Nc1ccc(-c2nc(-c3ccc(C[C@@H](NC(=O)c4cccc(-c5ccc(Cl)cc5)c4)C(=O)O)cc3F)no2)cc1. The second kappa shape index (κ2) is 13.8. The number of hydrogen-bond donors (Lipinski definition) is 3. The highest BCUT2D eigenvalue weighted by Crippen LogP contribution is 2.27. The van der Waals surface area contributed by atoms with Gasteiger partial charge in [-0.15, -0.1) is 0 Å². The molecule has 5 aromatic rings. The molecule has 0 aliphatic rings. The monoisotopic (exact) mass is 656 g/mol. The predicted octanol–water partition coefficient (Wildman–Crippen LogP) is 7.64. The zero-order valence-corrected chi connectivity index (χ0v) is 26.3. The Hall–Kier alpha value is -5.55. The highest BCUT2D eigenvalue weighted by molar-refractivity contribution is 6.30. The van der Waals surface area contributed by atoms with Crippen molar-refractivity contribution in [3.05, 3.63) is 113 Å². The average molecular weight is 657 g/mol. The van der Waals surface area contributed by atoms with Gasteiger partial charge in [0.1, 0.15) is 17.5 Å². The molecule has 12 heteroatoms. The van der Waals surface area contributed by atoms with Crippen molar-refractivity contribution in [1.82, 2.24) is 15.5 Å². The van der Waals surface area contributed by atoms with Gasteiger partial charge >= 0.3 is 12.1 Å². The lowest BCUT2D eigenvalue weighted by atomic mass is 10.0. The lowest BCUT2D eigenvalue weighted by Crippen LogP contribution is -2.42. The molecule has 0 saturated carbocycles. The molecule has 10 nitrogen and oxygen atoms in total. The predicted molar refractivity (Wildman–Crippen MR) is 174 cm³/mol. The van der Waals surface area contributed by atoms with E-state index in [-0.39, 0.29) is 29.3 Å². The first-order chi connectivity index (χ1) is 22.3. The number of carbonyl (C=O) groups is 3. The van der Waals surface area contributed by atoms with E-state index >= 15 is 4.39 Å². The normalized spacial score (nSPS) is 11.9. The maximum Gasteiger partial charge on any atom is 0.412 e. The summed E-state index contributed by atoms with van der Waals surface area (Å²) in [5.74, 6) is -2.44. The van der Waals surface area contributed by atoms with E-state index < -0.39 is 35.4 Å². The molecule has 0 aliphatic heterocycles. The molecule has 0 saturated heterocycles. The molecule has 0 spiro atoms. The number of amides is 2. The van der Waals surface area contributed by atoms with Crippen molar-refractivity contribution in [2.75, 3.05) is 5.32 Å². The molecule has 47 heavy (non-hydrogen) atoms. The van der Waals surface area contributed by atoms with Gasteiger partial charge in [0.05, 0.1) is 5.56 Å². The standard InChI is InChI=1S/C35H30ClFN4O6/c1-35(2,3)46-34(45)38-26-14-10-22(11-15-26)32-40-30(41-47-32)27-16-7-20(17-28(27)37)18-29(33(43)44)39-31(42)24-6-4-5-23(19-24)21-8-12-25(36)13-9-21/h4-17,19,29H,18H2,1-3H3,(H,38,45)(H,39,42)(H,43,44)/t29-/m1/s1. The van der Waals surface area contributed by atoms with Gasteiger partial charge in [-0.3, -0.25) is 10.1 Å². The van der Waals surface area contributed by atoms with Crippen LogP contribution in [0, 0.1) is 5.82 Å². The molecule has 1 atom stereocenters. The molecule has 5 rings (SSSR count). The largest absolute Gasteiger partial charge is 0.480 e. The summed E-state index contributed by atoms with van der Waals surface area (Å²) in [5, 5.41) is 19.4. The van der Waals surface area contributed by atoms with Gasteiger partial charge in [-0.25, -0.2) is 14.0 Å². The first-order valence-electron chi connectivity index (χ1n) is 14.5. The number of aliphatic carboxylic acids is 1. The van der Waals surface area contributed by atoms with E-state index in [9.17, 15) is 19.5 Å². The van der Waals surface area contributed by atoms with Crippen LogP contribution >= 0.6 is 11.6 Å². The Labute approximate surface area is 274 Å². The van der Waals surface area contributed by atoms with Gasteiger partial charge in [0.15, 0.2) is 0 Å². The van der Waals surface area contributed by atoms with E-state index in [2.05, 4.69) is 20.8 Å². The summed E-state index contributed by atoms with van der Waals surface area (Å²) in [6, 6.07) is 23.2. The third kappa shape index (κ3) is 8.59. The molecule has 0 unspecified atom stereocenters. The zero-order chi connectivity index (χ0) is 33.7. The molecule has 0 fully saturated rings. The van der Waals surface area contributed by atoms with Crippen molar-refractivity contribution in [3.63, 3.8) is 0 Å². The van der Waals surface area contributed by atoms with Crippen LogP contribution < -0.4 is 10.6 Å². The molecule has 2 amide bonds. The molecule has 1 heterocycles. The fourth-order valence-corrected chi connectivity index (χ4v) is 4.72. The molecule has 0 aliphatic carbocycles. The van der Waals surface area contributed by atoms with E-state index in [1.165, 1.54) is 18.2 Å². The molecule has 3 N–H and O–H groups in total. The number of rotatable bonds is 9. The fourth-order valence-electron chi connectivity index (χ4n) is 4.59. The molecular weight excluding hydrogens is 627 g/mol. The summed E-state index contributed by atoms with van der Waals surface area (Å²) in [5.41, 5.74) is 2.64. The van der Waals surface area contributed by atoms with E-state index in [0.717, 1.165) is 11.1 Å². The van der Waals surface area contributed by atoms with E-state index in [4.69, 9.17) is 20.9 Å². The van der Waals surface area contributed by atoms with Crippen LogP contribution in [0.3, 0.4) is 0 Å². The number of hydrogen-bond acceptors (Lipinski definition) is 7. The average Bonchev–Trinajstić information content (AvgIpc) is 3.50. The topological polar surface area (TPSA) is 144 Å². The van der Waals surface area contributed by atoms with Crippen molar-refractivity contribution < 1.29 is 33.1 Å². The second-order valence-electron chi connectivity index (χ2n) is 11.6. The van der Waals surface area contributed by atoms with E-state index in [1.807, 2.05) is 18.2 Å². The van der Waals surface area contributed by atoms with Crippen molar-refractivity contribution in [1.29, 1.82) is 0 Å². The van der Waals surface area contributed by atoms with Crippen LogP contribution in [0.5, 0.6) is 0 Å². The van der Waals surface area contributed by atoms with Crippen LogP contribution in [0.25, 0.3) is 34.0 Å². The number of benzene rings is 4. The van der Waals surface area contributed by atoms with Gasteiger partial charge in [-0.05, 0) is 98.1 Å². The highest BCUT2D eigenvalue weighted by Gasteiger charge is 2.23. The van der Waals surface area contributed by atoms with Gasteiger partial charge in [0, 0.05) is 28.3 Å². The lowest BCUT2D eigenvalue weighted by Gasteiger charge is -2.19. The van der Waals surface area contributed by atoms with Gasteiger partial charge in [0.25, 0.3) is 11.8 Å². The highest BCUT2D eigenvalue weighted by atomic mass is 35.5. The maximum atomic E-state index is 15.2. The quantitative estimate of drug-likeness (QED) is 0.147. The molecule has 240 valence electrons. The Morgan fingerprint density at radius 3 is 2.30 bits per heavy atom. The summed E-state index contributed by atoms with van der Waals surface area (Å²) in [6.07, 6.45) is -0.766. The first kappa shape index (κ1) is 32.8. The molecule has 0 bridgehead atoms. The van der Waals surface area contributed by atoms with Gasteiger partial charge in [-0.1, -0.05) is 47.1 Å². The van der Waals surface area contributed by atoms with Crippen molar-refractivity contribution in [2.45, 2.75) is 38.8 Å². The summed E-state index contributed by atoms with van der Waals surface area (Å²) < 4.78 is 25.8. The Morgan fingerprint density at radius 1 is 0.936 bits per heavy atom.